The highest BCUT2D eigenvalue weighted by atomic mass is 16.7. The Morgan fingerprint density at radius 1 is 1.00 bits per heavy atom. The largest absolute Gasteiger partial charge is 0.458 e. The van der Waals surface area contributed by atoms with E-state index in [9.17, 15) is 20.2 Å². The third-order valence-corrected chi connectivity index (χ3v) is 8.34. The Hall–Kier alpha value is -4.49. The van der Waals surface area contributed by atoms with Gasteiger partial charge in [0.2, 0.25) is 0 Å². The monoisotopic (exact) mass is 658 g/mol. The molecule has 3 aliphatic rings. The molecule has 1 unspecified atom stereocenters. The van der Waals surface area contributed by atoms with Crippen molar-refractivity contribution in [2.24, 2.45) is 5.11 Å². The van der Waals surface area contributed by atoms with Crippen LogP contribution in [0.4, 0.5) is 4.79 Å². The number of aliphatic hydroxyl groups excluding tert-OH is 1. The van der Waals surface area contributed by atoms with Crippen LogP contribution in [0.3, 0.4) is 0 Å². The minimum absolute atomic E-state index is 0.0334. The summed E-state index contributed by atoms with van der Waals surface area (Å²) in [6.45, 7) is 4.73. The maximum Gasteiger partial charge on any atom is 0.407 e. The Labute approximate surface area is 277 Å². The van der Waals surface area contributed by atoms with Crippen molar-refractivity contribution in [2.45, 2.75) is 75.3 Å². The third-order valence-electron chi connectivity index (χ3n) is 8.34. The van der Waals surface area contributed by atoms with Crippen molar-refractivity contribution in [3.05, 3.63) is 106 Å². The van der Waals surface area contributed by atoms with E-state index >= 15 is 0 Å². The van der Waals surface area contributed by atoms with E-state index in [1.54, 1.807) is 20.8 Å². The van der Waals surface area contributed by atoms with Gasteiger partial charge in [-0.3, -0.25) is 0 Å². The maximum atomic E-state index is 13.2. The van der Waals surface area contributed by atoms with Crippen molar-refractivity contribution in [3.8, 4) is 11.1 Å². The van der Waals surface area contributed by atoms with Gasteiger partial charge in [0.05, 0.1) is 19.3 Å². The lowest BCUT2D eigenvalue weighted by atomic mass is 9.96. The summed E-state index contributed by atoms with van der Waals surface area (Å²) in [6.07, 6.45) is -5.90. The normalized spacial score (nSPS) is 25.4. The summed E-state index contributed by atoms with van der Waals surface area (Å²) >= 11 is 0. The molecule has 2 N–H and O–H groups in total. The topological polar surface area (TPSA) is 171 Å². The smallest absolute Gasteiger partial charge is 0.407 e. The first-order valence-corrected chi connectivity index (χ1v) is 15.8. The standard InChI is InChI=1S/C35H38N4O9/c1-35(2,3)48-31(41)26(37-34(42)45-17-25-23-15-9-7-13-21(23)22-14-8-10-16-24(22)25)18-43-33-28(38-39-36)29(40)30-27(46-33)19-44-32(47-30)20-11-5-4-6-12-20/h4-16,25-30,32-33,40H,17-19H2,1-3H3,(H,37,42)/t26-,27-,28-,29+,30-,32?,33-/m1/s1. The molecule has 3 aromatic rings. The first-order valence-electron chi connectivity index (χ1n) is 15.8. The second-order valence-electron chi connectivity index (χ2n) is 12.8. The fourth-order valence-electron chi connectivity index (χ4n) is 6.19. The second-order valence-corrected chi connectivity index (χ2v) is 12.8. The van der Waals surface area contributed by atoms with Gasteiger partial charge in [-0.05, 0) is 48.6 Å². The molecule has 0 saturated carbocycles. The van der Waals surface area contributed by atoms with Crippen LogP contribution >= 0.6 is 0 Å². The zero-order valence-electron chi connectivity index (χ0n) is 26.8. The number of aliphatic hydroxyl groups is 1. The summed E-state index contributed by atoms with van der Waals surface area (Å²) in [5.74, 6) is -0.962. The lowest BCUT2D eigenvalue weighted by Gasteiger charge is -2.46. The third kappa shape index (κ3) is 7.31. The van der Waals surface area contributed by atoms with E-state index in [2.05, 4.69) is 15.3 Å². The highest BCUT2D eigenvalue weighted by Crippen LogP contribution is 2.44. The Balaban J connectivity index is 1.12. The fourth-order valence-corrected chi connectivity index (χ4v) is 6.19. The van der Waals surface area contributed by atoms with Gasteiger partial charge in [-0.2, -0.15) is 0 Å². The SMILES string of the molecule is CC(C)(C)OC(=O)[C@@H](CO[C@@H]1O[C@@H]2COC(c3ccccc3)O[C@H]2[C@@H](O)[C@H]1N=[N+]=[N-])NC(=O)OCC1c2ccccc2-c2ccccc21. The summed E-state index contributed by atoms with van der Waals surface area (Å²) in [4.78, 5) is 29.2. The highest BCUT2D eigenvalue weighted by molar-refractivity contribution is 5.82. The maximum absolute atomic E-state index is 13.2. The van der Waals surface area contributed by atoms with Gasteiger partial charge < -0.3 is 38.8 Å². The molecule has 0 radical (unpaired) electrons. The Morgan fingerprint density at radius 2 is 1.65 bits per heavy atom. The number of benzene rings is 3. The van der Waals surface area contributed by atoms with Crippen molar-refractivity contribution < 1.29 is 43.1 Å². The summed E-state index contributed by atoms with van der Waals surface area (Å²) in [5, 5.41) is 17.5. The van der Waals surface area contributed by atoms with Crippen LogP contribution in [0.1, 0.15) is 49.7 Å². The van der Waals surface area contributed by atoms with Crippen LogP contribution in [0.25, 0.3) is 21.6 Å². The van der Waals surface area contributed by atoms with Gasteiger partial charge in [0.1, 0.15) is 30.5 Å². The van der Waals surface area contributed by atoms with Gasteiger partial charge in [-0.25, -0.2) is 9.59 Å². The van der Waals surface area contributed by atoms with E-state index < -0.39 is 67.2 Å². The molecule has 2 saturated heterocycles. The van der Waals surface area contributed by atoms with Crippen molar-refractivity contribution in [3.63, 3.8) is 0 Å². The molecule has 6 rings (SSSR count). The number of alkyl carbamates (subject to hydrolysis) is 1. The minimum Gasteiger partial charge on any atom is -0.458 e. The molecule has 3 aromatic carbocycles. The number of hydrogen-bond acceptors (Lipinski definition) is 10. The Bertz CT molecular complexity index is 1610. The van der Waals surface area contributed by atoms with E-state index in [-0.39, 0.29) is 19.1 Å². The van der Waals surface area contributed by atoms with Gasteiger partial charge in [-0.1, -0.05) is 84.0 Å². The molecule has 2 fully saturated rings. The molecule has 2 aliphatic heterocycles. The number of azide groups is 1. The van der Waals surface area contributed by atoms with Gasteiger partial charge in [0.25, 0.3) is 0 Å². The van der Waals surface area contributed by atoms with Crippen LogP contribution < -0.4 is 5.32 Å². The summed E-state index contributed by atoms with van der Waals surface area (Å²) in [6, 6.07) is 22.5. The molecule has 13 nitrogen and oxygen atoms in total. The van der Waals surface area contributed by atoms with E-state index in [1.807, 2.05) is 78.9 Å². The average molecular weight is 659 g/mol. The van der Waals surface area contributed by atoms with Gasteiger partial charge in [0.15, 0.2) is 18.6 Å². The van der Waals surface area contributed by atoms with Crippen LogP contribution in [0.2, 0.25) is 0 Å². The number of nitrogens with zero attached hydrogens (tertiary/aromatic N) is 3. The quantitative estimate of drug-likeness (QED) is 0.137. The number of amides is 1. The van der Waals surface area contributed by atoms with Crippen molar-refractivity contribution in [1.29, 1.82) is 0 Å². The number of carbonyl (C=O) groups is 2. The molecular formula is C35H38N4O9. The first kappa shape index (κ1) is 33.4. The summed E-state index contributed by atoms with van der Waals surface area (Å²) in [7, 11) is 0. The van der Waals surface area contributed by atoms with Crippen LogP contribution in [-0.4, -0.2) is 79.3 Å². The number of hydrogen-bond donors (Lipinski definition) is 2. The molecule has 7 atom stereocenters. The zero-order chi connectivity index (χ0) is 33.8. The number of nitrogens with one attached hydrogen (secondary N) is 1. The van der Waals surface area contributed by atoms with Crippen molar-refractivity contribution in [2.75, 3.05) is 19.8 Å². The van der Waals surface area contributed by atoms with Crippen LogP contribution in [0.15, 0.2) is 84.0 Å². The minimum atomic E-state index is -1.33. The molecule has 0 spiro atoms. The molecule has 48 heavy (non-hydrogen) atoms. The molecular weight excluding hydrogens is 620 g/mol. The van der Waals surface area contributed by atoms with E-state index in [0.29, 0.717) is 0 Å². The van der Waals surface area contributed by atoms with Gasteiger partial charge in [-0.15, -0.1) is 0 Å². The molecule has 2 heterocycles. The zero-order valence-corrected chi connectivity index (χ0v) is 26.8. The lowest BCUT2D eigenvalue weighted by Crippen LogP contribution is -2.62. The van der Waals surface area contributed by atoms with Crippen LogP contribution in [-0.2, 0) is 33.2 Å². The van der Waals surface area contributed by atoms with E-state index in [1.165, 1.54) is 0 Å². The Kier molecular flexibility index (Phi) is 9.97. The summed E-state index contributed by atoms with van der Waals surface area (Å²) in [5.41, 5.74) is 13.4. The lowest BCUT2D eigenvalue weighted by molar-refractivity contribution is -0.342. The first-order chi connectivity index (χ1) is 23.1. The van der Waals surface area contributed by atoms with Crippen LogP contribution in [0.5, 0.6) is 0 Å². The van der Waals surface area contributed by atoms with Gasteiger partial charge in [0, 0.05) is 16.4 Å². The van der Waals surface area contributed by atoms with E-state index in [4.69, 9.17) is 28.4 Å². The number of ether oxygens (including phenoxy) is 6. The second kappa shape index (κ2) is 14.3. The molecule has 0 aromatic heterocycles. The predicted octanol–water partition coefficient (Wildman–Crippen LogP) is 5.13. The molecule has 1 amide bonds. The molecule has 252 valence electrons. The van der Waals surface area contributed by atoms with Crippen molar-refractivity contribution in [1.82, 2.24) is 5.32 Å². The van der Waals surface area contributed by atoms with Crippen molar-refractivity contribution >= 4 is 12.1 Å². The Morgan fingerprint density at radius 3 is 2.29 bits per heavy atom. The number of rotatable bonds is 9. The van der Waals surface area contributed by atoms with E-state index in [0.717, 1.165) is 27.8 Å². The fraction of sp³-hybridized carbons (Fsp3) is 0.429. The number of fused-ring (bicyclic) bond motifs is 4. The summed E-state index contributed by atoms with van der Waals surface area (Å²) < 4.78 is 35.0. The molecule has 1 aliphatic carbocycles. The average Bonchev–Trinajstić information content (AvgIpc) is 3.40. The molecule has 0 bridgehead atoms. The number of carbonyl (C=O) groups excluding carboxylic acids is 2. The highest BCUT2D eigenvalue weighted by Gasteiger charge is 2.50. The molecule has 13 heteroatoms. The van der Waals surface area contributed by atoms with Crippen LogP contribution in [0, 0.1) is 0 Å². The van der Waals surface area contributed by atoms with Gasteiger partial charge >= 0.3 is 12.1 Å². The predicted molar refractivity (Wildman–Crippen MR) is 171 cm³/mol. The number of esters is 1.